The number of benzene rings is 1. The maximum Gasteiger partial charge on any atom is 0.291 e. The molecule has 0 radical (unpaired) electrons. The SMILES string of the molecule is CC(C)CC(=O)C(=O)Nc1cccc(CSc2ncnc3[nH]ncc23)c1. The third-order valence-electron chi connectivity index (χ3n) is 3.62. The second kappa shape index (κ2) is 8.09. The van der Waals surface area contributed by atoms with Crippen molar-refractivity contribution in [3.05, 3.63) is 42.4 Å². The van der Waals surface area contributed by atoms with Crippen molar-refractivity contribution in [2.45, 2.75) is 31.0 Å². The Morgan fingerprint density at radius 3 is 2.92 bits per heavy atom. The van der Waals surface area contributed by atoms with Gasteiger partial charge in [-0.05, 0) is 23.6 Å². The van der Waals surface area contributed by atoms with E-state index in [-0.39, 0.29) is 12.3 Å². The van der Waals surface area contributed by atoms with Crippen LogP contribution in [0.1, 0.15) is 25.8 Å². The fraction of sp³-hybridized carbons (Fsp3) is 0.278. The molecular formula is C18H19N5O2S. The zero-order valence-electron chi connectivity index (χ0n) is 14.5. The number of ketones is 1. The van der Waals surface area contributed by atoms with Gasteiger partial charge in [0, 0.05) is 17.9 Å². The van der Waals surface area contributed by atoms with Gasteiger partial charge in [0.15, 0.2) is 5.65 Å². The Labute approximate surface area is 155 Å². The van der Waals surface area contributed by atoms with Gasteiger partial charge >= 0.3 is 0 Å². The number of hydrogen-bond donors (Lipinski definition) is 2. The predicted octanol–water partition coefficient (Wildman–Crippen LogP) is 3.20. The maximum atomic E-state index is 12.0. The molecule has 0 aliphatic carbocycles. The summed E-state index contributed by atoms with van der Waals surface area (Å²) in [5.41, 5.74) is 2.33. The van der Waals surface area contributed by atoms with E-state index in [4.69, 9.17) is 0 Å². The van der Waals surface area contributed by atoms with Crippen LogP contribution in [0.15, 0.2) is 41.8 Å². The lowest BCUT2D eigenvalue weighted by molar-refractivity contribution is -0.135. The average molecular weight is 369 g/mol. The maximum absolute atomic E-state index is 12.0. The fourth-order valence-corrected chi connectivity index (χ4v) is 3.32. The number of rotatable bonds is 7. The molecule has 0 fully saturated rings. The van der Waals surface area contributed by atoms with Crippen molar-refractivity contribution in [1.82, 2.24) is 20.2 Å². The van der Waals surface area contributed by atoms with Crippen LogP contribution in [-0.2, 0) is 15.3 Å². The van der Waals surface area contributed by atoms with Crippen molar-refractivity contribution in [3.63, 3.8) is 0 Å². The average Bonchev–Trinajstić information content (AvgIpc) is 3.09. The van der Waals surface area contributed by atoms with Gasteiger partial charge in [0.05, 0.1) is 11.6 Å². The summed E-state index contributed by atoms with van der Waals surface area (Å²) in [6.45, 7) is 3.82. The number of thioether (sulfide) groups is 1. The molecule has 3 rings (SSSR count). The lowest BCUT2D eigenvalue weighted by Gasteiger charge is -2.08. The lowest BCUT2D eigenvalue weighted by Crippen LogP contribution is -2.23. The minimum Gasteiger partial charge on any atom is -0.319 e. The second-order valence-electron chi connectivity index (χ2n) is 6.28. The Kier molecular flexibility index (Phi) is 5.62. The van der Waals surface area contributed by atoms with Gasteiger partial charge in [0.25, 0.3) is 5.91 Å². The summed E-state index contributed by atoms with van der Waals surface area (Å²) in [4.78, 5) is 32.2. The molecule has 0 unspecified atom stereocenters. The Morgan fingerprint density at radius 1 is 1.27 bits per heavy atom. The van der Waals surface area contributed by atoms with E-state index in [0.717, 1.165) is 16.0 Å². The van der Waals surface area contributed by atoms with E-state index < -0.39 is 11.7 Å². The number of fused-ring (bicyclic) bond motifs is 1. The number of aromatic nitrogens is 4. The molecule has 3 aromatic rings. The van der Waals surface area contributed by atoms with Crippen LogP contribution in [0.25, 0.3) is 11.0 Å². The Hall–Kier alpha value is -2.74. The number of carbonyl (C=O) groups is 2. The molecule has 0 atom stereocenters. The van der Waals surface area contributed by atoms with Crippen molar-refractivity contribution in [2.75, 3.05) is 5.32 Å². The fourth-order valence-electron chi connectivity index (χ4n) is 2.41. The van der Waals surface area contributed by atoms with Crippen LogP contribution in [-0.4, -0.2) is 31.9 Å². The van der Waals surface area contributed by atoms with Gasteiger partial charge in [-0.2, -0.15) is 5.10 Å². The van der Waals surface area contributed by atoms with E-state index in [0.29, 0.717) is 17.1 Å². The molecule has 26 heavy (non-hydrogen) atoms. The molecule has 1 amide bonds. The molecule has 0 bridgehead atoms. The van der Waals surface area contributed by atoms with E-state index in [1.165, 1.54) is 6.33 Å². The summed E-state index contributed by atoms with van der Waals surface area (Å²) >= 11 is 1.56. The van der Waals surface area contributed by atoms with Crippen molar-refractivity contribution in [2.24, 2.45) is 5.92 Å². The highest BCUT2D eigenvalue weighted by Crippen LogP contribution is 2.27. The van der Waals surface area contributed by atoms with E-state index >= 15 is 0 Å². The highest BCUT2D eigenvalue weighted by atomic mass is 32.2. The van der Waals surface area contributed by atoms with Crippen LogP contribution in [0.5, 0.6) is 0 Å². The topological polar surface area (TPSA) is 101 Å². The second-order valence-corrected chi connectivity index (χ2v) is 7.24. The van der Waals surface area contributed by atoms with Crippen LogP contribution in [0.2, 0.25) is 0 Å². The monoisotopic (exact) mass is 369 g/mol. The van der Waals surface area contributed by atoms with Crippen molar-refractivity contribution in [1.29, 1.82) is 0 Å². The molecule has 0 aliphatic rings. The first-order chi connectivity index (χ1) is 12.5. The van der Waals surface area contributed by atoms with Gasteiger partial charge in [-0.1, -0.05) is 26.0 Å². The first-order valence-electron chi connectivity index (χ1n) is 8.23. The van der Waals surface area contributed by atoms with Gasteiger partial charge < -0.3 is 5.32 Å². The summed E-state index contributed by atoms with van der Waals surface area (Å²) in [5, 5.41) is 11.2. The summed E-state index contributed by atoms with van der Waals surface area (Å²) in [6.07, 6.45) is 3.45. The number of hydrogen-bond acceptors (Lipinski definition) is 6. The van der Waals surface area contributed by atoms with E-state index in [1.807, 2.05) is 32.0 Å². The molecule has 0 saturated heterocycles. The van der Waals surface area contributed by atoms with Gasteiger partial charge in [0.1, 0.15) is 11.4 Å². The third-order valence-corrected chi connectivity index (χ3v) is 4.70. The quantitative estimate of drug-likeness (QED) is 0.377. The normalized spacial score (nSPS) is 11.0. The van der Waals surface area contributed by atoms with Gasteiger partial charge in [-0.3, -0.25) is 14.7 Å². The van der Waals surface area contributed by atoms with Crippen molar-refractivity contribution < 1.29 is 9.59 Å². The van der Waals surface area contributed by atoms with Crippen LogP contribution in [0.4, 0.5) is 5.69 Å². The predicted molar refractivity (Wildman–Crippen MR) is 101 cm³/mol. The summed E-state index contributed by atoms with van der Waals surface area (Å²) < 4.78 is 0. The van der Waals surface area contributed by atoms with Gasteiger partial charge in [-0.25, -0.2) is 9.97 Å². The Morgan fingerprint density at radius 2 is 2.12 bits per heavy atom. The smallest absolute Gasteiger partial charge is 0.291 e. The summed E-state index contributed by atoms with van der Waals surface area (Å²) in [6, 6.07) is 7.45. The van der Waals surface area contributed by atoms with Crippen LogP contribution >= 0.6 is 11.8 Å². The molecule has 0 aliphatic heterocycles. The molecule has 7 nitrogen and oxygen atoms in total. The molecule has 2 aromatic heterocycles. The van der Waals surface area contributed by atoms with Gasteiger partial charge in [0.2, 0.25) is 5.78 Å². The van der Waals surface area contributed by atoms with Crippen LogP contribution in [0, 0.1) is 5.92 Å². The molecule has 8 heteroatoms. The summed E-state index contributed by atoms with van der Waals surface area (Å²) in [7, 11) is 0. The highest BCUT2D eigenvalue weighted by Gasteiger charge is 2.15. The summed E-state index contributed by atoms with van der Waals surface area (Å²) in [5.74, 6) is -0.146. The Bertz CT molecular complexity index is 938. The van der Waals surface area contributed by atoms with E-state index in [1.54, 1.807) is 24.0 Å². The Balaban J connectivity index is 1.65. The number of Topliss-reactive ketones (excluding diaryl/α,β-unsaturated/α-hetero) is 1. The molecule has 0 saturated carbocycles. The van der Waals surface area contributed by atoms with Crippen molar-refractivity contribution in [3.8, 4) is 0 Å². The standard InChI is InChI=1S/C18H19N5O2S/c1-11(2)6-15(24)17(25)22-13-5-3-4-12(7-13)9-26-18-14-8-21-23-16(14)19-10-20-18/h3-5,7-8,10-11H,6,9H2,1-2H3,(H,22,25)(H,19,20,21,23). The minimum atomic E-state index is -0.570. The molecule has 0 spiro atoms. The number of anilines is 1. The number of H-pyrrole nitrogens is 1. The lowest BCUT2D eigenvalue weighted by atomic mass is 10.1. The number of amides is 1. The number of nitrogens with zero attached hydrogens (tertiary/aromatic N) is 3. The number of carbonyl (C=O) groups excluding carboxylic acids is 2. The first-order valence-corrected chi connectivity index (χ1v) is 9.21. The zero-order valence-corrected chi connectivity index (χ0v) is 15.3. The van der Waals surface area contributed by atoms with Crippen LogP contribution in [0.3, 0.4) is 0 Å². The third kappa shape index (κ3) is 4.45. The number of nitrogens with one attached hydrogen (secondary N) is 2. The molecule has 2 heterocycles. The van der Waals surface area contributed by atoms with Crippen LogP contribution < -0.4 is 5.32 Å². The number of aromatic amines is 1. The van der Waals surface area contributed by atoms with Crippen molar-refractivity contribution >= 4 is 40.2 Å². The largest absolute Gasteiger partial charge is 0.319 e. The molecule has 1 aromatic carbocycles. The molecular weight excluding hydrogens is 350 g/mol. The first kappa shape index (κ1) is 18.1. The van der Waals surface area contributed by atoms with E-state index in [2.05, 4.69) is 25.5 Å². The highest BCUT2D eigenvalue weighted by molar-refractivity contribution is 7.98. The van der Waals surface area contributed by atoms with Gasteiger partial charge in [-0.15, -0.1) is 11.8 Å². The van der Waals surface area contributed by atoms with E-state index in [9.17, 15) is 9.59 Å². The zero-order chi connectivity index (χ0) is 18.5. The minimum absolute atomic E-state index is 0.156. The molecule has 134 valence electrons. The molecule has 2 N–H and O–H groups in total.